The number of nitrogens with zero attached hydrogens (tertiary/aromatic N) is 3. The third kappa shape index (κ3) is 2.83. The average molecular weight is 312 g/mol. The van der Waals surface area contributed by atoms with E-state index in [4.69, 9.17) is 0 Å². The zero-order valence-corrected chi connectivity index (χ0v) is 10.8. The molecule has 0 aromatic carbocycles. The SMILES string of the molecule is O=[N+]([O-])c1cncc(Br)c1NCCc1ncc[nH]1. The third-order valence-corrected chi connectivity index (χ3v) is 2.90. The van der Waals surface area contributed by atoms with Gasteiger partial charge in [0.15, 0.2) is 0 Å². The Hall–Kier alpha value is -1.96. The van der Waals surface area contributed by atoms with Crippen LogP contribution in [0.2, 0.25) is 0 Å². The number of hydrogen-bond donors (Lipinski definition) is 2. The van der Waals surface area contributed by atoms with Crippen LogP contribution in [0.3, 0.4) is 0 Å². The molecule has 0 saturated heterocycles. The second-order valence-electron chi connectivity index (χ2n) is 3.49. The molecule has 0 atom stereocenters. The number of H-pyrrole nitrogens is 1. The van der Waals surface area contributed by atoms with Crippen molar-refractivity contribution in [3.05, 3.63) is 45.2 Å². The molecule has 8 heteroatoms. The van der Waals surface area contributed by atoms with Gasteiger partial charge in [-0.2, -0.15) is 0 Å². The maximum absolute atomic E-state index is 10.9. The summed E-state index contributed by atoms with van der Waals surface area (Å²) in [6.45, 7) is 0.539. The molecule has 2 aromatic heterocycles. The summed E-state index contributed by atoms with van der Waals surface area (Å²) in [6.07, 6.45) is 6.79. The first-order chi connectivity index (χ1) is 8.68. The maximum atomic E-state index is 10.9. The molecule has 0 aliphatic rings. The summed E-state index contributed by atoms with van der Waals surface area (Å²) < 4.78 is 0.566. The summed E-state index contributed by atoms with van der Waals surface area (Å²) in [5.74, 6) is 0.829. The van der Waals surface area contributed by atoms with Crippen molar-refractivity contribution in [3.8, 4) is 0 Å². The van der Waals surface area contributed by atoms with Crippen molar-refractivity contribution in [1.29, 1.82) is 0 Å². The highest BCUT2D eigenvalue weighted by Gasteiger charge is 2.16. The summed E-state index contributed by atoms with van der Waals surface area (Å²) in [5.41, 5.74) is 0.380. The topological polar surface area (TPSA) is 96.7 Å². The first-order valence-electron chi connectivity index (χ1n) is 5.18. The standard InChI is InChI=1S/C10H10BrN5O2/c11-7-5-12-6-8(16(17)18)10(7)15-2-1-9-13-3-4-14-9/h3-6H,1-2H2,(H,12,15)(H,13,14). The van der Waals surface area contributed by atoms with Crippen LogP contribution in [0.4, 0.5) is 11.4 Å². The fourth-order valence-corrected chi connectivity index (χ4v) is 1.94. The fourth-order valence-electron chi connectivity index (χ4n) is 1.48. The minimum absolute atomic E-state index is 0.0520. The van der Waals surface area contributed by atoms with Crippen LogP contribution in [0.15, 0.2) is 29.3 Å². The Bertz CT molecular complexity index is 543. The zero-order chi connectivity index (χ0) is 13.0. The van der Waals surface area contributed by atoms with Crippen LogP contribution in [-0.4, -0.2) is 26.4 Å². The van der Waals surface area contributed by atoms with Crippen molar-refractivity contribution >= 4 is 27.3 Å². The van der Waals surface area contributed by atoms with Crippen LogP contribution < -0.4 is 5.32 Å². The summed E-state index contributed by atoms with van der Waals surface area (Å²) >= 11 is 3.24. The highest BCUT2D eigenvalue weighted by Crippen LogP contribution is 2.30. The van der Waals surface area contributed by atoms with E-state index >= 15 is 0 Å². The molecule has 0 spiro atoms. The zero-order valence-electron chi connectivity index (χ0n) is 9.26. The smallest absolute Gasteiger partial charge is 0.311 e. The largest absolute Gasteiger partial charge is 0.378 e. The van der Waals surface area contributed by atoms with Gasteiger partial charge in [0.1, 0.15) is 17.7 Å². The Morgan fingerprint density at radius 3 is 3.00 bits per heavy atom. The summed E-state index contributed by atoms with van der Waals surface area (Å²) in [7, 11) is 0. The van der Waals surface area contributed by atoms with Gasteiger partial charge in [-0.25, -0.2) is 4.98 Å². The van der Waals surface area contributed by atoms with Crippen LogP contribution in [0.5, 0.6) is 0 Å². The lowest BCUT2D eigenvalue weighted by Gasteiger charge is -2.07. The lowest BCUT2D eigenvalue weighted by atomic mass is 10.3. The van der Waals surface area contributed by atoms with Gasteiger partial charge in [0, 0.05) is 31.6 Å². The van der Waals surface area contributed by atoms with Crippen molar-refractivity contribution in [2.75, 3.05) is 11.9 Å². The first kappa shape index (κ1) is 12.5. The molecule has 0 bridgehead atoms. The van der Waals surface area contributed by atoms with E-state index < -0.39 is 4.92 Å². The second-order valence-corrected chi connectivity index (χ2v) is 4.34. The quantitative estimate of drug-likeness (QED) is 0.651. The monoisotopic (exact) mass is 311 g/mol. The van der Waals surface area contributed by atoms with Crippen molar-refractivity contribution in [1.82, 2.24) is 15.0 Å². The van der Waals surface area contributed by atoms with Gasteiger partial charge in [-0.15, -0.1) is 0 Å². The third-order valence-electron chi connectivity index (χ3n) is 2.29. The van der Waals surface area contributed by atoms with Gasteiger partial charge in [0.2, 0.25) is 0 Å². The number of anilines is 1. The molecule has 2 rings (SSSR count). The van der Waals surface area contributed by atoms with Gasteiger partial charge in [0.05, 0.1) is 9.40 Å². The molecule has 94 valence electrons. The highest BCUT2D eigenvalue weighted by molar-refractivity contribution is 9.10. The molecule has 0 aliphatic heterocycles. The normalized spacial score (nSPS) is 10.3. The minimum Gasteiger partial charge on any atom is -0.378 e. The predicted octanol–water partition coefficient (Wildman–Crippen LogP) is 2.13. The molecule has 0 amide bonds. The molecular weight excluding hydrogens is 302 g/mol. The fraction of sp³-hybridized carbons (Fsp3) is 0.200. The lowest BCUT2D eigenvalue weighted by molar-refractivity contribution is -0.384. The molecule has 0 aliphatic carbocycles. The molecule has 18 heavy (non-hydrogen) atoms. The highest BCUT2D eigenvalue weighted by atomic mass is 79.9. The number of halogens is 1. The Balaban J connectivity index is 2.06. The van der Waals surface area contributed by atoms with Crippen molar-refractivity contribution in [2.24, 2.45) is 0 Å². The van der Waals surface area contributed by atoms with Gasteiger partial charge >= 0.3 is 5.69 Å². The molecule has 0 radical (unpaired) electrons. The van der Waals surface area contributed by atoms with E-state index in [2.05, 4.69) is 36.2 Å². The number of nitro groups is 1. The molecular formula is C10H10BrN5O2. The Labute approximate surface area is 111 Å². The molecule has 0 fully saturated rings. The Morgan fingerprint density at radius 1 is 1.50 bits per heavy atom. The molecule has 7 nitrogen and oxygen atoms in total. The number of aromatic nitrogens is 3. The van der Waals surface area contributed by atoms with Crippen LogP contribution in [0, 0.1) is 10.1 Å². The summed E-state index contributed by atoms with van der Waals surface area (Å²) in [4.78, 5) is 21.2. The van der Waals surface area contributed by atoms with E-state index in [1.54, 1.807) is 12.4 Å². The van der Waals surface area contributed by atoms with Crippen molar-refractivity contribution in [3.63, 3.8) is 0 Å². The average Bonchev–Trinajstić information content (AvgIpc) is 2.84. The van der Waals surface area contributed by atoms with E-state index in [0.29, 0.717) is 23.1 Å². The van der Waals surface area contributed by atoms with Gasteiger partial charge in [-0.05, 0) is 15.9 Å². The van der Waals surface area contributed by atoms with Gasteiger partial charge in [-0.3, -0.25) is 15.1 Å². The number of aromatic amines is 1. The van der Waals surface area contributed by atoms with Crippen LogP contribution >= 0.6 is 15.9 Å². The van der Waals surface area contributed by atoms with E-state index in [9.17, 15) is 10.1 Å². The van der Waals surface area contributed by atoms with Crippen molar-refractivity contribution in [2.45, 2.75) is 6.42 Å². The number of pyridine rings is 1. The number of nitrogens with one attached hydrogen (secondary N) is 2. The van der Waals surface area contributed by atoms with E-state index in [1.807, 2.05) is 0 Å². The number of rotatable bonds is 5. The van der Waals surface area contributed by atoms with E-state index in [1.165, 1.54) is 12.4 Å². The number of imidazole rings is 1. The predicted molar refractivity (Wildman–Crippen MR) is 69.4 cm³/mol. The first-order valence-corrected chi connectivity index (χ1v) is 5.98. The van der Waals surface area contributed by atoms with Crippen LogP contribution in [-0.2, 0) is 6.42 Å². The van der Waals surface area contributed by atoms with Crippen LogP contribution in [0.25, 0.3) is 0 Å². The molecule has 0 unspecified atom stereocenters. The van der Waals surface area contributed by atoms with Crippen molar-refractivity contribution < 1.29 is 4.92 Å². The van der Waals surface area contributed by atoms with Gasteiger partial charge < -0.3 is 10.3 Å². The minimum atomic E-state index is -0.465. The number of hydrogen-bond acceptors (Lipinski definition) is 5. The van der Waals surface area contributed by atoms with E-state index in [0.717, 1.165) is 5.82 Å². The molecule has 2 heterocycles. The Kier molecular flexibility index (Phi) is 3.88. The Morgan fingerprint density at radius 2 is 2.33 bits per heavy atom. The van der Waals surface area contributed by atoms with E-state index in [-0.39, 0.29) is 5.69 Å². The van der Waals surface area contributed by atoms with Gasteiger partial charge in [0.25, 0.3) is 0 Å². The summed E-state index contributed by atoms with van der Waals surface area (Å²) in [6, 6.07) is 0. The summed E-state index contributed by atoms with van der Waals surface area (Å²) in [5, 5.41) is 13.9. The molecule has 2 N–H and O–H groups in total. The molecule has 0 saturated carbocycles. The van der Waals surface area contributed by atoms with Crippen LogP contribution in [0.1, 0.15) is 5.82 Å². The molecule has 2 aromatic rings. The second kappa shape index (κ2) is 5.58. The van der Waals surface area contributed by atoms with Gasteiger partial charge in [-0.1, -0.05) is 0 Å². The maximum Gasteiger partial charge on any atom is 0.311 e. The lowest BCUT2D eigenvalue weighted by Crippen LogP contribution is -2.08.